The summed E-state index contributed by atoms with van der Waals surface area (Å²) in [5, 5.41) is 3.98. The van der Waals surface area contributed by atoms with Crippen LogP contribution in [0.15, 0.2) is 53.3 Å². The summed E-state index contributed by atoms with van der Waals surface area (Å²) in [4.78, 5) is 26.5. The summed E-state index contributed by atoms with van der Waals surface area (Å²) in [5.41, 5.74) is 1.83. The summed E-state index contributed by atoms with van der Waals surface area (Å²) in [6.07, 6.45) is 3.78. The van der Waals surface area contributed by atoms with Crippen molar-refractivity contribution in [3.63, 3.8) is 0 Å². The second-order valence-corrected chi connectivity index (χ2v) is 6.41. The number of hydrogen-bond acceptors (Lipinski definition) is 3. The summed E-state index contributed by atoms with van der Waals surface area (Å²) in [7, 11) is 1.97. The third-order valence-corrected chi connectivity index (χ3v) is 4.70. The minimum absolute atomic E-state index is 0.0190. The highest BCUT2D eigenvalue weighted by atomic mass is 16.3. The zero-order valence-electron chi connectivity index (χ0n) is 13.9. The van der Waals surface area contributed by atoms with Crippen LogP contribution < -0.4 is 5.32 Å². The van der Waals surface area contributed by atoms with Gasteiger partial charge in [0.25, 0.3) is 0 Å². The molecule has 0 unspecified atom stereocenters. The van der Waals surface area contributed by atoms with Gasteiger partial charge in [-0.2, -0.15) is 0 Å². The van der Waals surface area contributed by atoms with E-state index < -0.39 is 0 Å². The number of likely N-dealkylation sites (tertiary alicyclic amines) is 1. The summed E-state index contributed by atoms with van der Waals surface area (Å²) in [6, 6.07) is 11.4. The molecule has 3 aromatic rings. The van der Waals surface area contributed by atoms with E-state index in [9.17, 15) is 9.59 Å². The number of carbonyl (C=O) groups is 2. The SMILES string of the molecule is Cn1ccc2c(NC(=O)[C@@H]3CC(=O)N(Cc4ccco4)C3)cccc21. The third-order valence-electron chi connectivity index (χ3n) is 4.70. The Hall–Kier alpha value is -3.02. The van der Waals surface area contributed by atoms with Gasteiger partial charge in [-0.15, -0.1) is 0 Å². The standard InChI is InChI=1S/C19H19N3O3/c1-21-8-7-15-16(5-2-6-17(15)21)20-19(24)13-10-18(23)22(11-13)12-14-4-3-9-25-14/h2-9,13H,10-12H2,1H3,(H,20,24)/t13-/m1/s1. The molecule has 1 saturated heterocycles. The molecule has 0 bridgehead atoms. The number of nitrogens with zero attached hydrogens (tertiary/aromatic N) is 2. The number of nitrogens with one attached hydrogen (secondary N) is 1. The van der Waals surface area contributed by atoms with E-state index in [1.807, 2.05) is 48.1 Å². The van der Waals surface area contributed by atoms with Crippen LogP contribution in [0.5, 0.6) is 0 Å². The molecule has 1 fully saturated rings. The summed E-state index contributed by atoms with van der Waals surface area (Å²) < 4.78 is 7.30. The lowest BCUT2D eigenvalue weighted by Gasteiger charge is -2.15. The van der Waals surface area contributed by atoms with Crippen LogP contribution in [0, 0.1) is 5.92 Å². The number of carbonyl (C=O) groups excluding carboxylic acids is 2. The topological polar surface area (TPSA) is 67.5 Å². The molecule has 25 heavy (non-hydrogen) atoms. The van der Waals surface area contributed by atoms with Crippen LogP contribution in [0.2, 0.25) is 0 Å². The molecule has 0 saturated carbocycles. The van der Waals surface area contributed by atoms with Crippen LogP contribution in [0.25, 0.3) is 10.9 Å². The number of benzene rings is 1. The molecule has 1 N–H and O–H groups in total. The third kappa shape index (κ3) is 2.91. The van der Waals surface area contributed by atoms with Crippen LogP contribution in [0.3, 0.4) is 0 Å². The first kappa shape index (κ1) is 15.5. The van der Waals surface area contributed by atoms with E-state index in [1.54, 1.807) is 17.2 Å². The van der Waals surface area contributed by atoms with Gasteiger partial charge in [0.05, 0.1) is 24.4 Å². The van der Waals surface area contributed by atoms with E-state index >= 15 is 0 Å². The fourth-order valence-corrected chi connectivity index (χ4v) is 3.34. The molecule has 1 atom stereocenters. The Morgan fingerprint density at radius 2 is 2.16 bits per heavy atom. The van der Waals surface area contributed by atoms with Crippen molar-refractivity contribution in [2.75, 3.05) is 11.9 Å². The number of anilines is 1. The summed E-state index contributed by atoms with van der Waals surface area (Å²) >= 11 is 0. The molecule has 0 spiro atoms. The Bertz CT molecular complexity index is 927. The van der Waals surface area contributed by atoms with E-state index in [4.69, 9.17) is 4.42 Å². The van der Waals surface area contributed by atoms with Crippen molar-refractivity contribution < 1.29 is 14.0 Å². The molecular formula is C19H19N3O3. The first-order valence-corrected chi connectivity index (χ1v) is 8.27. The van der Waals surface area contributed by atoms with Gasteiger partial charge in [0, 0.05) is 37.1 Å². The zero-order chi connectivity index (χ0) is 17.4. The molecule has 2 amide bonds. The van der Waals surface area contributed by atoms with E-state index in [1.165, 1.54) is 0 Å². The Morgan fingerprint density at radius 3 is 2.96 bits per heavy atom. The molecule has 2 aromatic heterocycles. The number of amides is 2. The van der Waals surface area contributed by atoms with Gasteiger partial charge in [0.15, 0.2) is 0 Å². The van der Waals surface area contributed by atoms with Gasteiger partial charge >= 0.3 is 0 Å². The number of hydrogen-bond donors (Lipinski definition) is 1. The van der Waals surface area contributed by atoms with Crippen molar-refractivity contribution in [1.29, 1.82) is 0 Å². The zero-order valence-corrected chi connectivity index (χ0v) is 13.9. The maximum atomic E-state index is 12.6. The van der Waals surface area contributed by atoms with E-state index in [-0.39, 0.29) is 24.2 Å². The molecule has 0 radical (unpaired) electrons. The minimum Gasteiger partial charge on any atom is -0.467 e. The summed E-state index contributed by atoms with van der Waals surface area (Å²) in [5.74, 6) is 0.242. The summed E-state index contributed by atoms with van der Waals surface area (Å²) in [6.45, 7) is 0.819. The smallest absolute Gasteiger partial charge is 0.229 e. The van der Waals surface area contributed by atoms with Gasteiger partial charge in [-0.1, -0.05) is 6.07 Å². The number of fused-ring (bicyclic) bond motifs is 1. The first-order chi connectivity index (χ1) is 12.1. The Labute approximate surface area is 145 Å². The molecule has 6 nitrogen and oxygen atoms in total. The van der Waals surface area contributed by atoms with Crippen molar-refractivity contribution in [2.24, 2.45) is 13.0 Å². The van der Waals surface area contributed by atoms with E-state index in [0.29, 0.717) is 13.1 Å². The molecule has 1 aliphatic heterocycles. The van der Waals surface area contributed by atoms with Crippen molar-refractivity contribution in [1.82, 2.24) is 9.47 Å². The average Bonchev–Trinajstić information content (AvgIpc) is 3.31. The number of rotatable bonds is 4. The van der Waals surface area contributed by atoms with Crippen molar-refractivity contribution >= 4 is 28.4 Å². The van der Waals surface area contributed by atoms with Gasteiger partial charge in [-0.05, 0) is 30.3 Å². The lowest BCUT2D eigenvalue weighted by Crippen LogP contribution is -2.27. The molecule has 6 heteroatoms. The average molecular weight is 337 g/mol. The normalized spacial score (nSPS) is 17.4. The highest BCUT2D eigenvalue weighted by Crippen LogP contribution is 2.26. The van der Waals surface area contributed by atoms with Crippen LogP contribution in [-0.2, 0) is 23.2 Å². The quantitative estimate of drug-likeness (QED) is 0.796. The number of aromatic nitrogens is 1. The highest BCUT2D eigenvalue weighted by Gasteiger charge is 2.34. The van der Waals surface area contributed by atoms with Crippen molar-refractivity contribution in [2.45, 2.75) is 13.0 Å². The van der Waals surface area contributed by atoms with Gasteiger partial charge < -0.3 is 19.2 Å². The van der Waals surface area contributed by atoms with Crippen molar-refractivity contribution in [3.05, 3.63) is 54.6 Å². The van der Waals surface area contributed by atoms with Crippen LogP contribution >= 0.6 is 0 Å². The second-order valence-electron chi connectivity index (χ2n) is 6.41. The molecular weight excluding hydrogens is 318 g/mol. The Kier molecular flexibility index (Phi) is 3.80. The monoisotopic (exact) mass is 337 g/mol. The highest BCUT2D eigenvalue weighted by molar-refractivity contribution is 6.03. The Balaban J connectivity index is 1.47. The lowest BCUT2D eigenvalue weighted by molar-refractivity contribution is -0.128. The minimum atomic E-state index is -0.346. The Morgan fingerprint density at radius 1 is 1.28 bits per heavy atom. The largest absolute Gasteiger partial charge is 0.467 e. The number of furan rings is 1. The molecule has 0 aliphatic carbocycles. The second kappa shape index (κ2) is 6.12. The molecule has 4 rings (SSSR count). The van der Waals surface area contributed by atoms with Gasteiger partial charge in [0.1, 0.15) is 5.76 Å². The predicted molar refractivity (Wildman–Crippen MR) is 93.8 cm³/mol. The van der Waals surface area contributed by atoms with Crippen LogP contribution in [0.4, 0.5) is 5.69 Å². The van der Waals surface area contributed by atoms with Crippen molar-refractivity contribution in [3.8, 4) is 0 Å². The molecule has 1 aromatic carbocycles. The fourth-order valence-electron chi connectivity index (χ4n) is 3.34. The molecule has 1 aliphatic rings. The van der Waals surface area contributed by atoms with Gasteiger partial charge in [0.2, 0.25) is 11.8 Å². The van der Waals surface area contributed by atoms with E-state index in [2.05, 4.69) is 5.32 Å². The van der Waals surface area contributed by atoms with Crippen LogP contribution in [-0.4, -0.2) is 27.8 Å². The predicted octanol–water partition coefficient (Wildman–Crippen LogP) is 2.76. The van der Waals surface area contributed by atoms with Gasteiger partial charge in [-0.25, -0.2) is 0 Å². The maximum Gasteiger partial charge on any atom is 0.229 e. The fraction of sp³-hybridized carbons (Fsp3) is 0.263. The lowest BCUT2D eigenvalue weighted by atomic mass is 10.1. The number of aryl methyl sites for hydroxylation is 1. The molecule has 128 valence electrons. The first-order valence-electron chi connectivity index (χ1n) is 8.27. The maximum absolute atomic E-state index is 12.6. The van der Waals surface area contributed by atoms with Gasteiger partial charge in [-0.3, -0.25) is 9.59 Å². The molecule has 3 heterocycles. The van der Waals surface area contributed by atoms with E-state index in [0.717, 1.165) is 22.4 Å². The van der Waals surface area contributed by atoms with Crippen LogP contribution in [0.1, 0.15) is 12.2 Å².